The van der Waals surface area contributed by atoms with Gasteiger partial charge in [0.15, 0.2) is 0 Å². The molecule has 78 valence electrons. The van der Waals surface area contributed by atoms with Gasteiger partial charge in [-0.15, -0.1) is 0 Å². The van der Waals surface area contributed by atoms with Gasteiger partial charge in [0, 0.05) is 6.07 Å². The Morgan fingerprint density at radius 3 is 3.00 bits per heavy atom. The summed E-state index contributed by atoms with van der Waals surface area (Å²) in [7, 11) is 1.51. The van der Waals surface area contributed by atoms with Crippen molar-refractivity contribution in [3.8, 4) is 15.8 Å². The van der Waals surface area contributed by atoms with Gasteiger partial charge >= 0.3 is 5.97 Å². The molecule has 2 aromatic rings. The Balaban J connectivity index is 2.32. The van der Waals surface area contributed by atoms with E-state index in [1.54, 1.807) is 6.20 Å². The average molecular weight is 226 g/mol. The number of carboxylic acids is 1. The Bertz CT molecular complexity index is 490. The van der Waals surface area contributed by atoms with Crippen LogP contribution < -0.4 is 4.74 Å². The molecule has 0 aliphatic heterocycles. The predicted molar refractivity (Wildman–Crippen MR) is 51.1 cm³/mol. The number of aromatic carboxylic acids is 1. The van der Waals surface area contributed by atoms with E-state index in [4.69, 9.17) is 9.84 Å². The first-order valence-corrected chi connectivity index (χ1v) is 4.72. The number of thiazole rings is 1. The first-order valence-electron chi connectivity index (χ1n) is 3.91. The fourth-order valence-corrected chi connectivity index (χ4v) is 1.65. The fourth-order valence-electron chi connectivity index (χ4n) is 0.963. The molecule has 0 saturated heterocycles. The number of carboxylic acid groups (broad SMARTS) is 1. The largest absolute Gasteiger partial charge is 0.475 e. The van der Waals surface area contributed by atoms with Crippen LogP contribution in [0.2, 0.25) is 0 Å². The summed E-state index contributed by atoms with van der Waals surface area (Å²) >= 11 is 1.26. The van der Waals surface area contributed by atoms with E-state index >= 15 is 0 Å². The summed E-state index contributed by atoms with van der Waals surface area (Å²) in [6.45, 7) is 0. The summed E-state index contributed by atoms with van der Waals surface area (Å²) in [5, 5.41) is 12.7. The smallest absolute Gasteiger partial charge is 0.374 e. The Kier molecular flexibility index (Phi) is 2.38. The summed E-state index contributed by atoms with van der Waals surface area (Å²) < 4.78 is 9.52. The Morgan fingerprint density at radius 2 is 2.47 bits per heavy atom. The van der Waals surface area contributed by atoms with Crippen LogP contribution in [0.1, 0.15) is 10.6 Å². The second kappa shape index (κ2) is 3.70. The third kappa shape index (κ3) is 1.82. The summed E-state index contributed by atoms with van der Waals surface area (Å²) in [6, 6.07) is 1.34. The highest BCUT2D eigenvalue weighted by atomic mass is 32.1. The van der Waals surface area contributed by atoms with E-state index in [0.717, 1.165) is 0 Å². The quantitative estimate of drug-likeness (QED) is 0.853. The zero-order chi connectivity index (χ0) is 10.8. The van der Waals surface area contributed by atoms with Crippen LogP contribution >= 0.6 is 11.3 Å². The summed E-state index contributed by atoms with van der Waals surface area (Å²) in [4.78, 5) is 15.2. The van der Waals surface area contributed by atoms with Gasteiger partial charge < -0.3 is 14.4 Å². The van der Waals surface area contributed by atoms with Gasteiger partial charge in [-0.1, -0.05) is 16.5 Å². The lowest BCUT2D eigenvalue weighted by Gasteiger charge is -1.86. The van der Waals surface area contributed by atoms with Gasteiger partial charge in [-0.25, -0.2) is 9.78 Å². The number of methoxy groups -OCH3 is 1. The molecule has 15 heavy (non-hydrogen) atoms. The van der Waals surface area contributed by atoms with E-state index in [-0.39, 0.29) is 5.76 Å². The maximum Gasteiger partial charge on any atom is 0.374 e. The van der Waals surface area contributed by atoms with Crippen LogP contribution in [0.15, 0.2) is 16.8 Å². The van der Waals surface area contributed by atoms with E-state index < -0.39 is 5.97 Å². The third-order valence-corrected chi connectivity index (χ3v) is 2.61. The number of hydrogen-bond donors (Lipinski definition) is 1. The average Bonchev–Trinajstić information content (AvgIpc) is 2.86. The molecule has 0 saturated carbocycles. The monoisotopic (exact) mass is 226 g/mol. The molecular formula is C8H6N2O4S. The zero-order valence-corrected chi connectivity index (χ0v) is 8.45. The minimum atomic E-state index is -1.15. The highest BCUT2D eigenvalue weighted by molar-refractivity contribution is 7.16. The van der Waals surface area contributed by atoms with Crippen LogP contribution in [0.4, 0.5) is 0 Å². The zero-order valence-electron chi connectivity index (χ0n) is 7.63. The van der Waals surface area contributed by atoms with Crippen molar-refractivity contribution in [2.75, 3.05) is 7.11 Å². The van der Waals surface area contributed by atoms with Crippen LogP contribution in [0, 0.1) is 0 Å². The lowest BCUT2D eigenvalue weighted by Crippen LogP contribution is -1.91. The van der Waals surface area contributed by atoms with Crippen molar-refractivity contribution >= 4 is 17.3 Å². The molecule has 1 N–H and O–H groups in total. The van der Waals surface area contributed by atoms with E-state index in [9.17, 15) is 4.79 Å². The molecule has 0 aromatic carbocycles. The van der Waals surface area contributed by atoms with Gasteiger partial charge in [0.2, 0.25) is 5.76 Å². The van der Waals surface area contributed by atoms with Crippen LogP contribution in [0.5, 0.6) is 5.19 Å². The van der Waals surface area contributed by atoms with Crippen LogP contribution in [-0.4, -0.2) is 28.3 Å². The highest BCUT2D eigenvalue weighted by Crippen LogP contribution is 2.29. The predicted octanol–water partition coefficient (Wildman–Crippen LogP) is 1.50. The van der Waals surface area contributed by atoms with E-state index in [1.807, 2.05) is 0 Å². The number of rotatable bonds is 3. The minimum Gasteiger partial charge on any atom is -0.475 e. The fraction of sp³-hybridized carbons (Fsp3) is 0.125. The molecule has 0 fully saturated rings. The number of aromatic nitrogens is 2. The highest BCUT2D eigenvalue weighted by Gasteiger charge is 2.14. The first-order chi connectivity index (χ1) is 7.20. The van der Waals surface area contributed by atoms with Crippen molar-refractivity contribution in [1.29, 1.82) is 0 Å². The molecule has 0 spiro atoms. The van der Waals surface area contributed by atoms with Gasteiger partial charge in [0.05, 0.1) is 18.2 Å². The second-order valence-electron chi connectivity index (χ2n) is 2.58. The lowest BCUT2D eigenvalue weighted by atomic mass is 10.3. The number of ether oxygens (including phenoxy) is 1. The molecule has 0 unspecified atom stereocenters. The standard InChI is InChI=1S/C8H6N2O4S/c1-13-8-9-3-6(15-8)4-2-5(7(11)12)14-10-4/h2-3H,1H3,(H,11,12). The maximum atomic E-state index is 10.5. The van der Waals surface area contributed by atoms with Crippen molar-refractivity contribution in [3.05, 3.63) is 18.0 Å². The first kappa shape index (κ1) is 9.66. The van der Waals surface area contributed by atoms with Crippen molar-refractivity contribution in [1.82, 2.24) is 10.1 Å². The summed E-state index contributed by atoms with van der Waals surface area (Å²) in [6.07, 6.45) is 1.55. The lowest BCUT2D eigenvalue weighted by molar-refractivity contribution is 0.0652. The molecule has 0 radical (unpaired) electrons. The van der Waals surface area contributed by atoms with Crippen molar-refractivity contribution in [2.45, 2.75) is 0 Å². The van der Waals surface area contributed by atoms with Crippen molar-refractivity contribution in [3.63, 3.8) is 0 Å². The Morgan fingerprint density at radius 1 is 1.67 bits per heavy atom. The number of nitrogens with zero attached hydrogens (tertiary/aromatic N) is 2. The minimum absolute atomic E-state index is 0.197. The molecular weight excluding hydrogens is 220 g/mol. The molecule has 0 amide bonds. The van der Waals surface area contributed by atoms with Gasteiger partial charge in [-0.3, -0.25) is 0 Å². The molecule has 2 heterocycles. The van der Waals surface area contributed by atoms with Crippen LogP contribution in [0.3, 0.4) is 0 Å². The molecule has 0 bridgehead atoms. The maximum absolute atomic E-state index is 10.5. The topological polar surface area (TPSA) is 85.5 Å². The summed E-state index contributed by atoms with van der Waals surface area (Å²) in [5.74, 6) is -1.34. The normalized spacial score (nSPS) is 10.2. The van der Waals surface area contributed by atoms with E-state index in [1.165, 1.54) is 24.5 Å². The number of carbonyl (C=O) groups is 1. The van der Waals surface area contributed by atoms with Gasteiger partial charge in [0.25, 0.3) is 5.19 Å². The molecule has 7 heteroatoms. The third-order valence-electron chi connectivity index (χ3n) is 1.63. The molecule has 0 aliphatic rings. The van der Waals surface area contributed by atoms with Crippen LogP contribution in [0.25, 0.3) is 10.6 Å². The molecule has 2 rings (SSSR count). The molecule has 0 aliphatic carbocycles. The van der Waals surface area contributed by atoms with Gasteiger partial charge in [0.1, 0.15) is 5.69 Å². The summed E-state index contributed by atoms with van der Waals surface area (Å²) in [5.41, 5.74) is 0.438. The van der Waals surface area contributed by atoms with E-state index in [0.29, 0.717) is 15.8 Å². The number of hydrogen-bond acceptors (Lipinski definition) is 6. The SMILES string of the molecule is COc1ncc(-c2cc(C(=O)O)on2)s1. The van der Waals surface area contributed by atoms with Gasteiger partial charge in [-0.2, -0.15) is 0 Å². The van der Waals surface area contributed by atoms with Gasteiger partial charge in [-0.05, 0) is 0 Å². The van der Waals surface area contributed by atoms with Crippen molar-refractivity contribution < 1.29 is 19.2 Å². The molecule has 6 nitrogen and oxygen atoms in total. The van der Waals surface area contributed by atoms with Crippen LogP contribution in [-0.2, 0) is 0 Å². The second-order valence-corrected chi connectivity index (χ2v) is 3.57. The van der Waals surface area contributed by atoms with E-state index in [2.05, 4.69) is 14.7 Å². The molecule has 2 aromatic heterocycles. The molecule has 0 atom stereocenters. The Labute approximate surface area is 88.1 Å². The Hall–Kier alpha value is -1.89. The van der Waals surface area contributed by atoms with Crippen molar-refractivity contribution in [2.24, 2.45) is 0 Å².